The van der Waals surface area contributed by atoms with E-state index in [9.17, 15) is 0 Å². The van der Waals surface area contributed by atoms with Crippen LogP contribution < -0.4 is 0 Å². The first-order chi connectivity index (χ1) is 8.25. The quantitative estimate of drug-likeness (QED) is 0.789. The number of hydrogen-bond acceptors (Lipinski definition) is 2. The van der Waals surface area contributed by atoms with Crippen molar-refractivity contribution in [1.82, 2.24) is 14.8 Å². The van der Waals surface area contributed by atoms with E-state index in [1.165, 1.54) is 11.1 Å². The van der Waals surface area contributed by atoms with Crippen molar-refractivity contribution in [2.45, 2.75) is 38.6 Å². The Kier molecular flexibility index (Phi) is 2.46. The lowest BCUT2D eigenvalue weighted by molar-refractivity contribution is 0.532. The minimum absolute atomic E-state index is 0.434. The first-order valence-electron chi connectivity index (χ1n) is 6.22. The molecule has 0 radical (unpaired) electrons. The van der Waals surface area contributed by atoms with Crippen LogP contribution in [0.1, 0.15) is 42.8 Å². The Balaban J connectivity index is 1.91. The van der Waals surface area contributed by atoms with Gasteiger partial charge in [-0.05, 0) is 37.8 Å². The number of aromatic nitrogens is 3. The van der Waals surface area contributed by atoms with Crippen molar-refractivity contribution in [3.05, 3.63) is 47.5 Å². The molecule has 0 saturated carbocycles. The molecule has 0 unspecified atom stereocenters. The number of fused-ring (bicyclic) bond motifs is 1. The van der Waals surface area contributed by atoms with Gasteiger partial charge in [0.25, 0.3) is 0 Å². The fourth-order valence-corrected chi connectivity index (χ4v) is 2.68. The second-order valence-corrected chi connectivity index (χ2v) is 5.06. The van der Waals surface area contributed by atoms with Gasteiger partial charge in [0.05, 0.1) is 0 Å². The van der Waals surface area contributed by atoms with E-state index in [2.05, 4.69) is 52.9 Å². The predicted octanol–water partition coefficient (Wildman–Crippen LogP) is 2.74. The molecular formula is C14H17N3. The molecule has 3 nitrogen and oxygen atoms in total. The van der Waals surface area contributed by atoms with Crippen LogP contribution in [0.15, 0.2) is 30.6 Å². The van der Waals surface area contributed by atoms with Crippen molar-refractivity contribution >= 4 is 0 Å². The molecule has 1 heterocycles. The fourth-order valence-electron chi connectivity index (χ4n) is 2.68. The number of hydrogen-bond donors (Lipinski definition) is 0. The molecule has 3 rings (SSSR count). The zero-order valence-electron chi connectivity index (χ0n) is 10.3. The maximum atomic E-state index is 4.32. The molecule has 0 fully saturated rings. The van der Waals surface area contributed by atoms with Gasteiger partial charge in [-0.3, -0.25) is 0 Å². The molecule has 1 aromatic carbocycles. The smallest absolute Gasteiger partial charge is 0.136 e. The van der Waals surface area contributed by atoms with Gasteiger partial charge in [0, 0.05) is 12.0 Å². The molecule has 0 N–H and O–H groups in total. The molecule has 1 aliphatic rings. The number of nitrogens with zero attached hydrogens (tertiary/aromatic N) is 3. The molecule has 88 valence electrons. The van der Waals surface area contributed by atoms with E-state index in [1.807, 2.05) is 6.33 Å². The van der Waals surface area contributed by atoms with E-state index < -0.39 is 0 Å². The second kappa shape index (κ2) is 3.99. The first-order valence-corrected chi connectivity index (χ1v) is 6.22. The van der Waals surface area contributed by atoms with Crippen LogP contribution in [0.4, 0.5) is 0 Å². The molecular weight excluding hydrogens is 210 g/mol. The lowest BCUT2D eigenvalue weighted by Crippen LogP contribution is -2.10. The minimum atomic E-state index is 0.434. The lowest BCUT2D eigenvalue weighted by Gasteiger charge is -2.14. The third kappa shape index (κ3) is 1.75. The van der Waals surface area contributed by atoms with Crippen LogP contribution in [0, 0.1) is 0 Å². The monoisotopic (exact) mass is 227 g/mol. The van der Waals surface area contributed by atoms with Gasteiger partial charge in [-0.25, -0.2) is 0 Å². The summed E-state index contributed by atoms with van der Waals surface area (Å²) in [6.45, 7) is 4.35. The summed E-state index contributed by atoms with van der Waals surface area (Å²) >= 11 is 0. The highest BCUT2D eigenvalue weighted by Gasteiger charge is 2.26. The van der Waals surface area contributed by atoms with Crippen molar-refractivity contribution < 1.29 is 0 Å². The van der Waals surface area contributed by atoms with Crippen LogP contribution >= 0.6 is 0 Å². The van der Waals surface area contributed by atoms with Gasteiger partial charge in [0.15, 0.2) is 0 Å². The Bertz CT molecular complexity index is 503. The van der Waals surface area contributed by atoms with Crippen LogP contribution in [0.3, 0.4) is 0 Å². The Hall–Kier alpha value is -1.64. The summed E-state index contributed by atoms with van der Waals surface area (Å²) < 4.78 is 2.19. The third-order valence-corrected chi connectivity index (χ3v) is 3.57. The van der Waals surface area contributed by atoms with Gasteiger partial charge in [-0.15, -0.1) is 10.2 Å². The highest BCUT2D eigenvalue weighted by atomic mass is 15.3. The van der Waals surface area contributed by atoms with Crippen LogP contribution in [-0.2, 0) is 12.8 Å². The van der Waals surface area contributed by atoms with E-state index in [1.54, 1.807) is 0 Å². The number of benzene rings is 1. The lowest BCUT2D eigenvalue weighted by atomic mass is 10.1. The first kappa shape index (κ1) is 10.5. The number of rotatable bonds is 2. The van der Waals surface area contributed by atoms with Crippen LogP contribution in [0.2, 0.25) is 0 Å². The summed E-state index contributed by atoms with van der Waals surface area (Å²) in [7, 11) is 0. The zero-order chi connectivity index (χ0) is 11.8. The van der Waals surface area contributed by atoms with Crippen molar-refractivity contribution in [2.75, 3.05) is 0 Å². The summed E-state index contributed by atoms with van der Waals surface area (Å²) in [5.41, 5.74) is 2.94. The van der Waals surface area contributed by atoms with Gasteiger partial charge in [0.1, 0.15) is 12.2 Å². The SMILES string of the molecule is CC(C)n1cnnc1C1Cc2ccccc2C1. The predicted molar refractivity (Wildman–Crippen MR) is 67.0 cm³/mol. The molecule has 0 atom stereocenters. The summed E-state index contributed by atoms with van der Waals surface area (Å²) in [5, 5.41) is 8.38. The summed E-state index contributed by atoms with van der Waals surface area (Å²) in [4.78, 5) is 0. The normalized spacial score (nSPS) is 15.5. The Morgan fingerprint density at radius 3 is 2.41 bits per heavy atom. The maximum absolute atomic E-state index is 4.32. The Morgan fingerprint density at radius 1 is 1.18 bits per heavy atom. The van der Waals surface area contributed by atoms with Gasteiger partial charge in [0.2, 0.25) is 0 Å². The zero-order valence-corrected chi connectivity index (χ0v) is 10.3. The molecule has 17 heavy (non-hydrogen) atoms. The van der Waals surface area contributed by atoms with Crippen LogP contribution in [-0.4, -0.2) is 14.8 Å². The highest BCUT2D eigenvalue weighted by molar-refractivity contribution is 5.35. The van der Waals surface area contributed by atoms with Gasteiger partial charge >= 0.3 is 0 Å². The second-order valence-electron chi connectivity index (χ2n) is 5.06. The van der Waals surface area contributed by atoms with E-state index in [-0.39, 0.29) is 0 Å². The van der Waals surface area contributed by atoms with Crippen molar-refractivity contribution in [1.29, 1.82) is 0 Å². The molecule has 1 aliphatic carbocycles. The van der Waals surface area contributed by atoms with E-state index >= 15 is 0 Å². The molecule has 0 amide bonds. The Labute approximate surface area is 101 Å². The molecule has 0 bridgehead atoms. The fraction of sp³-hybridized carbons (Fsp3) is 0.429. The van der Waals surface area contributed by atoms with E-state index in [0.717, 1.165) is 18.7 Å². The van der Waals surface area contributed by atoms with Crippen molar-refractivity contribution in [3.63, 3.8) is 0 Å². The average molecular weight is 227 g/mol. The van der Waals surface area contributed by atoms with Crippen LogP contribution in [0.25, 0.3) is 0 Å². The molecule has 0 aliphatic heterocycles. The molecule has 0 spiro atoms. The standard InChI is InChI=1S/C14H17N3/c1-10(2)17-9-15-16-14(17)13-7-11-5-3-4-6-12(11)8-13/h3-6,9-10,13H,7-8H2,1-2H3. The summed E-state index contributed by atoms with van der Waals surface area (Å²) in [6, 6.07) is 9.13. The summed E-state index contributed by atoms with van der Waals surface area (Å²) in [6.07, 6.45) is 4.05. The topological polar surface area (TPSA) is 30.7 Å². The van der Waals surface area contributed by atoms with E-state index in [4.69, 9.17) is 0 Å². The van der Waals surface area contributed by atoms with Crippen LogP contribution in [0.5, 0.6) is 0 Å². The van der Waals surface area contributed by atoms with Gasteiger partial charge < -0.3 is 4.57 Å². The van der Waals surface area contributed by atoms with Crippen molar-refractivity contribution in [2.24, 2.45) is 0 Å². The Morgan fingerprint density at radius 2 is 1.82 bits per heavy atom. The molecule has 3 heteroatoms. The molecule has 2 aromatic rings. The van der Waals surface area contributed by atoms with Gasteiger partial charge in [-0.2, -0.15) is 0 Å². The van der Waals surface area contributed by atoms with E-state index in [0.29, 0.717) is 12.0 Å². The molecule has 0 saturated heterocycles. The molecule has 1 aromatic heterocycles. The summed E-state index contributed by atoms with van der Waals surface area (Å²) in [5.74, 6) is 1.63. The third-order valence-electron chi connectivity index (χ3n) is 3.57. The average Bonchev–Trinajstić information content (AvgIpc) is 2.95. The highest BCUT2D eigenvalue weighted by Crippen LogP contribution is 2.33. The minimum Gasteiger partial charge on any atom is -0.315 e. The maximum Gasteiger partial charge on any atom is 0.136 e. The van der Waals surface area contributed by atoms with Gasteiger partial charge in [-0.1, -0.05) is 24.3 Å². The largest absolute Gasteiger partial charge is 0.315 e. The van der Waals surface area contributed by atoms with Crippen molar-refractivity contribution in [3.8, 4) is 0 Å².